The molecule has 4 nitrogen and oxygen atoms in total. The summed E-state index contributed by atoms with van der Waals surface area (Å²) in [7, 11) is 0. The summed E-state index contributed by atoms with van der Waals surface area (Å²) in [4.78, 5) is 2.50. The van der Waals surface area contributed by atoms with E-state index in [9.17, 15) is 0 Å². The SMILES string of the molecule is CSc1nnc(SCCN2CCNCC2)s1. The molecule has 0 spiro atoms. The van der Waals surface area contributed by atoms with Crippen molar-refractivity contribution in [2.45, 2.75) is 8.68 Å². The summed E-state index contributed by atoms with van der Waals surface area (Å²) < 4.78 is 2.16. The van der Waals surface area contributed by atoms with Gasteiger partial charge < -0.3 is 5.32 Å². The van der Waals surface area contributed by atoms with Crippen LogP contribution in [0.2, 0.25) is 0 Å². The Kier molecular flexibility index (Phi) is 5.37. The number of thioether (sulfide) groups is 2. The minimum absolute atomic E-state index is 1.06. The van der Waals surface area contributed by atoms with Gasteiger partial charge in [-0.25, -0.2) is 0 Å². The van der Waals surface area contributed by atoms with Crippen LogP contribution in [0.5, 0.6) is 0 Å². The molecule has 0 atom stereocenters. The van der Waals surface area contributed by atoms with Crippen LogP contribution in [-0.2, 0) is 0 Å². The first-order valence-corrected chi connectivity index (χ1v) is 8.34. The summed E-state index contributed by atoms with van der Waals surface area (Å²) >= 11 is 5.18. The van der Waals surface area contributed by atoms with Crippen LogP contribution in [0.3, 0.4) is 0 Å². The molecular formula is C9H16N4S3. The third-order valence-electron chi connectivity index (χ3n) is 2.41. The first-order chi connectivity index (χ1) is 7.88. The summed E-state index contributed by atoms with van der Waals surface area (Å²) in [5.41, 5.74) is 0. The fourth-order valence-electron chi connectivity index (χ4n) is 1.53. The van der Waals surface area contributed by atoms with Gasteiger partial charge in [-0.3, -0.25) is 4.90 Å². The highest BCUT2D eigenvalue weighted by molar-refractivity contribution is 8.02. The third kappa shape index (κ3) is 3.89. The summed E-state index contributed by atoms with van der Waals surface area (Å²) in [5.74, 6) is 1.11. The highest BCUT2D eigenvalue weighted by atomic mass is 32.2. The molecule has 1 aliphatic rings. The van der Waals surface area contributed by atoms with Crippen LogP contribution in [0, 0.1) is 0 Å². The number of rotatable bonds is 5. The Bertz CT molecular complexity index is 311. The van der Waals surface area contributed by atoms with Crippen molar-refractivity contribution in [1.82, 2.24) is 20.4 Å². The Labute approximate surface area is 109 Å². The van der Waals surface area contributed by atoms with Crippen molar-refractivity contribution in [1.29, 1.82) is 0 Å². The lowest BCUT2D eigenvalue weighted by molar-refractivity contribution is 0.255. The quantitative estimate of drug-likeness (QED) is 0.817. The van der Waals surface area contributed by atoms with Gasteiger partial charge in [0, 0.05) is 38.5 Å². The largest absolute Gasteiger partial charge is 0.314 e. The van der Waals surface area contributed by atoms with Gasteiger partial charge in [0.05, 0.1) is 0 Å². The van der Waals surface area contributed by atoms with Gasteiger partial charge in [-0.15, -0.1) is 10.2 Å². The maximum absolute atomic E-state index is 4.15. The van der Waals surface area contributed by atoms with Crippen molar-refractivity contribution < 1.29 is 0 Å². The number of nitrogens with zero attached hydrogens (tertiary/aromatic N) is 3. The predicted molar refractivity (Wildman–Crippen MR) is 71.7 cm³/mol. The van der Waals surface area contributed by atoms with Gasteiger partial charge in [0.1, 0.15) is 0 Å². The zero-order valence-corrected chi connectivity index (χ0v) is 11.8. The molecule has 7 heteroatoms. The molecule has 0 radical (unpaired) electrons. The second-order valence-electron chi connectivity index (χ2n) is 3.48. The van der Waals surface area contributed by atoms with Gasteiger partial charge in [-0.2, -0.15) is 0 Å². The maximum atomic E-state index is 4.15. The molecule has 16 heavy (non-hydrogen) atoms. The van der Waals surface area contributed by atoms with Crippen molar-refractivity contribution in [2.75, 3.05) is 44.7 Å². The van der Waals surface area contributed by atoms with Gasteiger partial charge in [-0.1, -0.05) is 34.9 Å². The lowest BCUT2D eigenvalue weighted by atomic mass is 10.4. The Hall–Kier alpha value is 0.180. The zero-order valence-electron chi connectivity index (χ0n) is 9.31. The smallest absolute Gasteiger partial charge is 0.175 e. The summed E-state index contributed by atoms with van der Waals surface area (Å²) in [5, 5.41) is 11.6. The first-order valence-electron chi connectivity index (χ1n) is 5.32. The number of nitrogens with one attached hydrogen (secondary N) is 1. The number of aromatic nitrogens is 2. The maximum Gasteiger partial charge on any atom is 0.175 e. The van der Waals surface area contributed by atoms with Gasteiger partial charge in [0.2, 0.25) is 0 Å². The van der Waals surface area contributed by atoms with Crippen LogP contribution in [0.4, 0.5) is 0 Å². The number of hydrogen-bond acceptors (Lipinski definition) is 7. The molecule has 0 aliphatic carbocycles. The molecule has 2 rings (SSSR count). The number of hydrogen-bond donors (Lipinski definition) is 1. The lowest BCUT2D eigenvalue weighted by Crippen LogP contribution is -2.44. The van der Waals surface area contributed by atoms with Gasteiger partial charge in [0.25, 0.3) is 0 Å². The second-order valence-corrected chi connectivity index (χ2v) is 6.85. The van der Waals surface area contributed by atoms with Crippen molar-refractivity contribution in [3.8, 4) is 0 Å². The van der Waals surface area contributed by atoms with E-state index in [2.05, 4.69) is 20.4 Å². The van der Waals surface area contributed by atoms with Crippen molar-refractivity contribution in [3.63, 3.8) is 0 Å². The molecule has 1 N–H and O–H groups in total. The highest BCUT2D eigenvalue weighted by Crippen LogP contribution is 2.27. The minimum atomic E-state index is 1.06. The van der Waals surface area contributed by atoms with Crippen LogP contribution in [-0.4, -0.2) is 59.8 Å². The highest BCUT2D eigenvalue weighted by Gasteiger charge is 2.09. The van der Waals surface area contributed by atoms with E-state index < -0.39 is 0 Å². The molecule has 2 heterocycles. The Balaban J connectivity index is 1.66. The molecule has 1 aliphatic heterocycles. The van der Waals surface area contributed by atoms with Crippen LogP contribution < -0.4 is 5.32 Å². The van der Waals surface area contributed by atoms with Gasteiger partial charge >= 0.3 is 0 Å². The Morgan fingerprint density at radius 1 is 1.31 bits per heavy atom. The van der Waals surface area contributed by atoms with E-state index in [1.54, 1.807) is 23.1 Å². The van der Waals surface area contributed by atoms with E-state index in [4.69, 9.17) is 0 Å². The van der Waals surface area contributed by atoms with E-state index in [-0.39, 0.29) is 0 Å². The third-order valence-corrected chi connectivity index (χ3v) is 5.42. The van der Waals surface area contributed by atoms with E-state index in [0.29, 0.717) is 0 Å². The van der Waals surface area contributed by atoms with Gasteiger partial charge in [0.15, 0.2) is 8.68 Å². The van der Waals surface area contributed by atoms with Crippen LogP contribution in [0.15, 0.2) is 8.68 Å². The molecule has 1 aromatic heterocycles. The summed E-state index contributed by atoms with van der Waals surface area (Å²) in [6.45, 7) is 5.75. The molecule has 0 unspecified atom stereocenters. The fourth-order valence-corrected chi connectivity index (χ4v) is 4.04. The number of piperazine rings is 1. The monoisotopic (exact) mass is 276 g/mol. The average Bonchev–Trinajstić information content (AvgIpc) is 2.78. The summed E-state index contributed by atoms with van der Waals surface area (Å²) in [6, 6.07) is 0. The standard InChI is InChI=1S/C9H16N4S3/c1-14-8-11-12-9(16-8)15-7-6-13-4-2-10-3-5-13/h10H,2-7H2,1H3. The molecule has 0 amide bonds. The summed E-state index contributed by atoms with van der Waals surface area (Å²) in [6.07, 6.45) is 2.04. The Morgan fingerprint density at radius 3 is 2.75 bits per heavy atom. The van der Waals surface area contributed by atoms with E-state index in [0.717, 1.165) is 34.1 Å². The van der Waals surface area contributed by atoms with E-state index in [1.165, 1.54) is 13.1 Å². The lowest BCUT2D eigenvalue weighted by Gasteiger charge is -2.26. The van der Waals surface area contributed by atoms with Crippen molar-refractivity contribution >= 4 is 34.9 Å². The minimum Gasteiger partial charge on any atom is -0.314 e. The predicted octanol–water partition coefficient (Wildman–Crippen LogP) is 1.26. The van der Waals surface area contributed by atoms with E-state index in [1.807, 2.05) is 18.0 Å². The van der Waals surface area contributed by atoms with Crippen molar-refractivity contribution in [2.24, 2.45) is 0 Å². The van der Waals surface area contributed by atoms with Gasteiger partial charge in [-0.05, 0) is 6.26 Å². The average molecular weight is 276 g/mol. The first kappa shape index (κ1) is 12.6. The second kappa shape index (κ2) is 6.80. The zero-order chi connectivity index (χ0) is 11.2. The van der Waals surface area contributed by atoms with Crippen LogP contribution >= 0.6 is 34.9 Å². The Morgan fingerprint density at radius 2 is 2.06 bits per heavy atom. The molecular weight excluding hydrogens is 260 g/mol. The molecule has 0 aromatic carbocycles. The van der Waals surface area contributed by atoms with Crippen LogP contribution in [0.1, 0.15) is 0 Å². The van der Waals surface area contributed by atoms with Crippen LogP contribution in [0.25, 0.3) is 0 Å². The molecule has 0 saturated carbocycles. The molecule has 1 fully saturated rings. The van der Waals surface area contributed by atoms with Crippen molar-refractivity contribution in [3.05, 3.63) is 0 Å². The fraction of sp³-hybridized carbons (Fsp3) is 0.778. The van der Waals surface area contributed by atoms with E-state index >= 15 is 0 Å². The topological polar surface area (TPSA) is 41.1 Å². The molecule has 90 valence electrons. The molecule has 0 bridgehead atoms. The molecule has 1 saturated heterocycles. The normalized spacial score (nSPS) is 17.8. The molecule has 1 aromatic rings.